The topological polar surface area (TPSA) is 58.6 Å². The highest BCUT2D eigenvalue weighted by Gasteiger charge is 2.22. The van der Waals surface area contributed by atoms with Crippen molar-refractivity contribution in [2.75, 3.05) is 13.2 Å². The van der Waals surface area contributed by atoms with Gasteiger partial charge in [-0.25, -0.2) is 0 Å². The fourth-order valence-electron chi connectivity index (χ4n) is 1.74. The maximum Gasteiger partial charge on any atom is 0.320 e. The third-order valence-corrected chi connectivity index (χ3v) is 3.95. The van der Waals surface area contributed by atoms with Gasteiger partial charge in [-0.05, 0) is 40.0 Å². The van der Waals surface area contributed by atoms with Crippen molar-refractivity contribution >= 4 is 33.5 Å². The Bertz CT molecular complexity index is 456. The van der Waals surface area contributed by atoms with Gasteiger partial charge in [-0.15, -0.1) is 0 Å². The molecule has 0 radical (unpaired) electrons. The second-order valence-electron chi connectivity index (χ2n) is 4.58. The molecule has 6 heteroatoms. The van der Waals surface area contributed by atoms with Crippen LogP contribution in [0, 0.1) is 5.92 Å². The number of hydrogen-bond donors (Lipinski definition) is 2. The fraction of sp³-hybridized carbons (Fsp3) is 0.500. The molecule has 4 nitrogen and oxygen atoms in total. The largest absolute Gasteiger partial charge is 0.491 e. The van der Waals surface area contributed by atoms with Crippen molar-refractivity contribution in [1.29, 1.82) is 0 Å². The van der Waals surface area contributed by atoms with Crippen LogP contribution in [0.15, 0.2) is 22.7 Å². The van der Waals surface area contributed by atoms with E-state index < -0.39 is 12.0 Å². The molecule has 0 spiro atoms. The quantitative estimate of drug-likeness (QED) is 0.692. The van der Waals surface area contributed by atoms with E-state index in [2.05, 4.69) is 21.2 Å². The molecule has 1 rings (SSSR count). The molecular weight excluding hydrogens is 346 g/mol. The van der Waals surface area contributed by atoms with Crippen LogP contribution in [0.3, 0.4) is 0 Å². The summed E-state index contributed by atoms with van der Waals surface area (Å²) in [6.45, 7) is 4.75. The van der Waals surface area contributed by atoms with Crippen molar-refractivity contribution in [1.82, 2.24) is 5.32 Å². The Labute approximate surface area is 132 Å². The Balaban J connectivity index is 2.42. The van der Waals surface area contributed by atoms with Gasteiger partial charge in [-0.1, -0.05) is 31.9 Å². The first kappa shape index (κ1) is 17.3. The van der Waals surface area contributed by atoms with Crippen LogP contribution in [0.4, 0.5) is 0 Å². The summed E-state index contributed by atoms with van der Waals surface area (Å²) in [7, 11) is 0. The summed E-state index contributed by atoms with van der Waals surface area (Å²) < 4.78 is 6.35. The molecule has 1 aromatic carbocycles. The van der Waals surface area contributed by atoms with Crippen molar-refractivity contribution < 1.29 is 14.6 Å². The van der Waals surface area contributed by atoms with Gasteiger partial charge in [0.05, 0.1) is 4.47 Å². The van der Waals surface area contributed by atoms with E-state index in [1.54, 1.807) is 18.2 Å². The third-order valence-electron chi connectivity index (χ3n) is 3.10. The molecule has 1 aromatic rings. The number of aliphatic carboxylic acids is 1. The number of nitrogens with one attached hydrogen (secondary N) is 1. The summed E-state index contributed by atoms with van der Waals surface area (Å²) in [5, 5.41) is 12.8. The van der Waals surface area contributed by atoms with Gasteiger partial charge in [0.1, 0.15) is 18.4 Å². The highest BCUT2D eigenvalue weighted by molar-refractivity contribution is 9.10. The van der Waals surface area contributed by atoms with E-state index in [0.29, 0.717) is 23.9 Å². The lowest BCUT2D eigenvalue weighted by Crippen LogP contribution is -2.43. The first-order valence-corrected chi connectivity index (χ1v) is 7.66. The van der Waals surface area contributed by atoms with E-state index in [0.717, 1.165) is 10.9 Å². The molecule has 0 fully saturated rings. The molecule has 0 heterocycles. The minimum absolute atomic E-state index is 0.0785. The summed E-state index contributed by atoms with van der Waals surface area (Å²) >= 11 is 9.20. The van der Waals surface area contributed by atoms with Crippen LogP contribution in [-0.4, -0.2) is 30.3 Å². The maximum atomic E-state index is 11.1. The molecule has 2 atom stereocenters. The highest BCUT2D eigenvalue weighted by Crippen LogP contribution is 2.27. The Kier molecular flexibility index (Phi) is 7.34. The number of benzene rings is 1. The average Bonchev–Trinajstić information content (AvgIpc) is 2.39. The van der Waals surface area contributed by atoms with Gasteiger partial charge in [-0.2, -0.15) is 0 Å². The van der Waals surface area contributed by atoms with Crippen LogP contribution in [0.25, 0.3) is 0 Å². The molecule has 0 aliphatic carbocycles. The summed E-state index contributed by atoms with van der Waals surface area (Å²) in [5.74, 6) is -0.0617. The Morgan fingerprint density at radius 2 is 2.25 bits per heavy atom. The predicted molar refractivity (Wildman–Crippen MR) is 83.5 cm³/mol. The smallest absolute Gasteiger partial charge is 0.320 e. The van der Waals surface area contributed by atoms with E-state index in [-0.39, 0.29) is 5.92 Å². The van der Waals surface area contributed by atoms with E-state index >= 15 is 0 Å². The molecule has 2 N–H and O–H groups in total. The summed E-state index contributed by atoms with van der Waals surface area (Å²) in [4.78, 5) is 11.1. The molecule has 0 saturated heterocycles. The summed E-state index contributed by atoms with van der Waals surface area (Å²) in [6, 6.07) is 4.73. The zero-order chi connectivity index (χ0) is 15.1. The first-order valence-electron chi connectivity index (χ1n) is 6.49. The van der Waals surface area contributed by atoms with E-state index in [1.807, 2.05) is 13.8 Å². The predicted octanol–water partition coefficient (Wildman–Crippen LogP) is 3.57. The van der Waals surface area contributed by atoms with Gasteiger partial charge in [0.25, 0.3) is 0 Å². The maximum absolute atomic E-state index is 11.1. The van der Waals surface area contributed by atoms with Crippen LogP contribution >= 0.6 is 27.5 Å². The number of carbonyl (C=O) groups is 1. The second kappa shape index (κ2) is 8.49. The van der Waals surface area contributed by atoms with Gasteiger partial charge in [-0.3, -0.25) is 4.79 Å². The number of ether oxygens (including phenoxy) is 1. The van der Waals surface area contributed by atoms with Crippen molar-refractivity contribution in [2.45, 2.75) is 26.3 Å². The molecule has 0 aliphatic rings. The molecule has 0 unspecified atom stereocenters. The van der Waals surface area contributed by atoms with E-state index in [1.165, 1.54) is 0 Å². The molecule has 0 bridgehead atoms. The Morgan fingerprint density at radius 1 is 1.55 bits per heavy atom. The van der Waals surface area contributed by atoms with Crippen molar-refractivity contribution in [3.8, 4) is 5.75 Å². The monoisotopic (exact) mass is 363 g/mol. The van der Waals surface area contributed by atoms with Crippen molar-refractivity contribution in [3.63, 3.8) is 0 Å². The average molecular weight is 365 g/mol. The van der Waals surface area contributed by atoms with Crippen molar-refractivity contribution in [2.24, 2.45) is 5.92 Å². The standard InChI is InChI=1S/C14H19BrClNO3/c1-3-9(2)13(14(18)19)17-6-7-20-12-5-4-10(16)8-11(12)15/h4-5,8-9,13,17H,3,6-7H2,1-2H3,(H,18,19)/t9-,13-/m0/s1. The minimum Gasteiger partial charge on any atom is -0.491 e. The Hall–Kier alpha value is -0.780. The molecular formula is C14H19BrClNO3. The van der Waals surface area contributed by atoms with Crippen LogP contribution in [0.5, 0.6) is 5.75 Å². The lowest BCUT2D eigenvalue weighted by atomic mass is 9.99. The van der Waals surface area contributed by atoms with E-state index in [9.17, 15) is 4.79 Å². The highest BCUT2D eigenvalue weighted by atomic mass is 79.9. The van der Waals surface area contributed by atoms with Crippen LogP contribution in [-0.2, 0) is 4.79 Å². The molecule has 20 heavy (non-hydrogen) atoms. The van der Waals surface area contributed by atoms with Crippen LogP contribution < -0.4 is 10.1 Å². The molecule has 0 saturated carbocycles. The third kappa shape index (κ3) is 5.31. The van der Waals surface area contributed by atoms with Crippen LogP contribution in [0.2, 0.25) is 5.02 Å². The summed E-state index contributed by atoms with van der Waals surface area (Å²) in [6.07, 6.45) is 0.813. The number of carboxylic acids is 1. The van der Waals surface area contributed by atoms with Gasteiger partial charge >= 0.3 is 5.97 Å². The van der Waals surface area contributed by atoms with Gasteiger partial charge in [0.2, 0.25) is 0 Å². The lowest BCUT2D eigenvalue weighted by molar-refractivity contribution is -0.140. The molecule has 0 amide bonds. The zero-order valence-electron chi connectivity index (χ0n) is 11.5. The second-order valence-corrected chi connectivity index (χ2v) is 5.87. The van der Waals surface area contributed by atoms with Gasteiger partial charge < -0.3 is 15.2 Å². The molecule has 112 valence electrons. The Morgan fingerprint density at radius 3 is 2.80 bits per heavy atom. The lowest BCUT2D eigenvalue weighted by Gasteiger charge is -2.20. The summed E-state index contributed by atoms with van der Waals surface area (Å²) in [5.41, 5.74) is 0. The SMILES string of the molecule is CC[C@H](C)[C@H](NCCOc1ccc(Cl)cc1Br)C(=O)O. The number of hydrogen-bond acceptors (Lipinski definition) is 3. The molecule has 0 aromatic heterocycles. The van der Waals surface area contributed by atoms with Gasteiger partial charge in [0.15, 0.2) is 0 Å². The van der Waals surface area contributed by atoms with Crippen LogP contribution in [0.1, 0.15) is 20.3 Å². The molecule has 0 aliphatic heterocycles. The number of carboxylic acid groups (broad SMARTS) is 1. The number of halogens is 2. The normalized spacial score (nSPS) is 13.8. The van der Waals surface area contributed by atoms with Crippen molar-refractivity contribution in [3.05, 3.63) is 27.7 Å². The minimum atomic E-state index is -0.827. The zero-order valence-corrected chi connectivity index (χ0v) is 13.9. The van der Waals surface area contributed by atoms with E-state index in [4.69, 9.17) is 21.4 Å². The number of rotatable bonds is 8. The first-order chi connectivity index (χ1) is 9.45. The van der Waals surface area contributed by atoms with Gasteiger partial charge in [0, 0.05) is 11.6 Å². The fourth-order valence-corrected chi connectivity index (χ4v) is 2.53.